The molecule has 0 saturated heterocycles. The van der Waals surface area contributed by atoms with Crippen molar-refractivity contribution < 1.29 is 14.8 Å². The fourth-order valence-corrected chi connectivity index (χ4v) is 3.12. The van der Waals surface area contributed by atoms with Gasteiger partial charge in [-0.2, -0.15) is 0 Å². The Kier molecular flexibility index (Phi) is 3.80. The summed E-state index contributed by atoms with van der Waals surface area (Å²) in [5, 5.41) is 20.1. The average molecular weight is 279 g/mol. The van der Waals surface area contributed by atoms with Crippen molar-refractivity contribution in [1.82, 2.24) is 0 Å². The molecule has 0 saturated carbocycles. The first kappa shape index (κ1) is 13.5. The van der Waals surface area contributed by atoms with Crippen LogP contribution in [0.5, 0.6) is 0 Å². The van der Waals surface area contributed by atoms with E-state index in [-0.39, 0.29) is 5.00 Å². The third kappa shape index (κ3) is 2.73. The van der Waals surface area contributed by atoms with Gasteiger partial charge < -0.3 is 5.11 Å². The Labute approximate surface area is 114 Å². The molecule has 0 aromatic carbocycles. The van der Waals surface area contributed by atoms with E-state index in [9.17, 15) is 14.9 Å². The fraction of sp³-hybridized carbons (Fsp3) is 0.308. The zero-order chi connectivity index (χ0) is 14.0. The van der Waals surface area contributed by atoms with Crippen molar-refractivity contribution >= 4 is 22.3 Å². The molecule has 1 aliphatic carbocycles. The minimum atomic E-state index is -0.860. The number of fused-ring (bicyclic) bond motifs is 1. The van der Waals surface area contributed by atoms with E-state index in [1.807, 2.05) is 19.1 Å². The highest BCUT2D eigenvalue weighted by molar-refractivity contribution is 7.15. The summed E-state index contributed by atoms with van der Waals surface area (Å²) < 4.78 is 0. The van der Waals surface area contributed by atoms with Crippen LogP contribution in [-0.2, 0) is 11.2 Å². The molecule has 1 N–H and O–H groups in total. The van der Waals surface area contributed by atoms with Gasteiger partial charge in [0, 0.05) is 10.9 Å². The Morgan fingerprint density at radius 1 is 1.53 bits per heavy atom. The third-order valence-electron chi connectivity index (χ3n) is 3.11. The van der Waals surface area contributed by atoms with E-state index in [0.717, 1.165) is 27.3 Å². The lowest BCUT2D eigenvalue weighted by molar-refractivity contribution is -0.380. The first-order chi connectivity index (χ1) is 9.02. The summed E-state index contributed by atoms with van der Waals surface area (Å²) in [5.41, 5.74) is 1.70. The Morgan fingerprint density at radius 2 is 2.26 bits per heavy atom. The molecule has 1 heterocycles. The van der Waals surface area contributed by atoms with Gasteiger partial charge in [0.25, 0.3) is 0 Å². The highest BCUT2D eigenvalue weighted by Crippen LogP contribution is 2.37. The zero-order valence-corrected chi connectivity index (χ0v) is 11.1. The second-order valence-corrected chi connectivity index (χ2v) is 5.42. The van der Waals surface area contributed by atoms with E-state index in [0.29, 0.717) is 12.8 Å². The van der Waals surface area contributed by atoms with Crippen molar-refractivity contribution in [2.75, 3.05) is 0 Å². The van der Waals surface area contributed by atoms with Gasteiger partial charge >= 0.3 is 11.0 Å². The molecule has 1 unspecified atom stereocenters. The summed E-state index contributed by atoms with van der Waals surface area (Å²) in [5.74, 6) is -1.36. The highest BCUT2D eigenvalue weighted by atomic mass is 32.1. The molecule has 0 amide bonds. The van der Waals surface area contributed by atoms with E-state index < -0.39 is 16.8 Å². The predicted molar refractivity (Wildman–Crippen MR) is 72.7 cm³/mol. The molecular weight excluding hydrogens is 266 g/mol. The number of carbonyl (C=O) groups is 1. The first-order valence-corrected chi connectivity index (χ1v) is 6.73. The number of rotatable bonds is 5. The van der Waals surface area contributed by atoms with E-state index in [1.54, 1.807) is 6.07 Å². The van der Waals surface area contributed by atoms with Gasteiger partial charge in [-0.3, -0.25) is 14.9 Å². The molecule has 2 rings (SSSR count). The summed E-state index contributed by atoms with van der Waals surface area (Å²) in [6.45, 7) is 1.81. The summed E-state index contributed by atoms with van der Waals surface area (Å²) in [6, 6.07) is 7.04. The van der Waals surface area contributed by atoms with Gasteiger partial charge in [0.15, 0.2) is 0 Å². The maximum absolute atomic E-state index is 11.1. The van der Waals surface area contributed by atoms with Crippen LogP contribution in [0.2, 0.25) is 0 Å². The topological polar surface area (TPSA) is 80.4 Å². The molecule has 2 aliphatic rings. The number of hydrogen-bond acceptors (Lipinski definition) is 4. The summed E-state index contributed by atoms with van der Waals surface area (Å²) in [4.78, 5) is 22.3. The summed E-state index contributed by atoms with van der Waals surface area (Å²) in [6.07, 6.45) is 0.839. The van der Waals surface area contributed by atoms with Crippen LogP contribution in [0.25, 0.3) is 11.1 Å². The number of aliphatic carboxylic acids is 1. The molecule has 100 valence electrons. The van der Waals surface area contributed by atoms with Crippen LogP contribution in [0.15, 0.2) is 24.3 Å². The third-order valence-corrected chi connectivity index (χ3v) is 4.22. The smallest absolute Gasteiger partial charge is 0.324 e. The van der Waals surface area contributed by atoms with Gasteiger partial charge in [0.05, 0.1) is 10.8 Å². The number of carboxylic acids is 1. The molecule has 0 spiro atoms. The molecular formula is C13H13NO4S. The minimum Gasteiger partial charge on any atom is -0.481 e. The van der Waals surface area contributed by atoms with Gasteiger partial charge in [0.1, 0.15) is 0 Å². The maximum Gasteiger partial charge on any atom is 0.324 e. The SMILES string of the molecule is CCC(Cc1sc([N+](=O)[O-])cc2cccc1-2)C(=O)O. The molecule has 1 atom stereocenters. The van der Waals surface area contributed by atoms with Crippen LogP contribution >= 0.6 is 11.3 Å². The average Bonchev–Trinajstić information content (AvgIpc) is 2.83. The van der Waals surface area contributed by atoms with E-state index in [4.69, 9.17) is 5.11 Å². The molecule has 0 fully saturated rings. The highest BCUT2D eigenvalue weighted by Gasteiger charge is 2.22. The monoisotopic (exact) mass is 279 g/mol. The molecule has 5 nitrogen and oxygen atoms in total. The number of nitrogens with zero attached hydrogens (tertiary/aromatic N) is 1. The van der Waals surface area contributed by atoms with Crippen molar-refractivity contribution in [3.05, 3.63) is 39.3 Å². The van der Waals surface area contributed by atoms with Crippen LogP contribution in [0.3, 0.4) is 0 Å². The lowest BCUT2D eigenvalue weighted by Crippen LogP contribution is -2.15. The van der Waals surface area contributed by atoms with E-state index >= 15 is 0 Å². The molecule has 0 radical (unpaired) electrons. The second-order valence-electron chi connectivity index (χ2n) is 4.31. The van der Waals surface area contributed by atoms with Crippen molar-refractivity contribution in [2.24, 2.45) is 5.92 Å². The quantitative estimate of drug-likeness (QED) is 0.671. The lowest BCUT2D eigenvalue weighted by atomic mass is 9.99. The lowest BCUT2D eigenvalue weighted by Gasteiger charge is -2.12. The van der Waals surface area contributed by atoms with Crippen LogP contribution in [-0.4, -0.2) is 16.0 Å². The number of carboxylic acid groups (broad SMARTS) is 1. The largest absolute Gasteiger partial charge is 0.481 e. The number of hydrogen-bond donors (Lipinski definition) is 1. The maximum atomic E-state index is 11.1. The molecule has 0 aromatic rings. The van der Waals surface area contributed by atoms with Crippen molar-refractivity contribution in [2.45, 2.75) is 19.8 Å². The van der Waals surface area contributed by atoms with Crippen molar-refractivity contribution in [3.63, 3.8) is 0 Å². The van der Waals surface area contributed by atoms with Crippen LogP contribution < -0.4 is 0 Å². The Hall–Kier alpha value is -1.95. The van der Waals surface area contributed by atoms with Gasteiger partial charge in [0.2, 0.25) is 0 Å². The molecule has 19 heavy (non-hydrogen) atoms. The van der Waals surface area contributed by atoms with Gasteiger partial charge in [-0.15, -0.1) is 0 Å². The standard InChI is InChI=1S/C13H13NO4S/c1-2-8(13(15)16)6-11-10-5-3-4-9(10)7-12(19-11)14(17)18/h3-5,7-8H,2,6H2,1H3,(H,15,16). The van der Waals surface area contributed by atoms with Crippen LogP contribution in [0.4, 0.5) is 5.00 Å². The van der Waals surface area contributed by atoms with Gasteiger partial charge in [-0.25, -0.2) is 0 Å². The number of nitro groups is 1. The predicted octanol–water partition coefficient (Wildman–Crippen LogP) is 3.41. The Bertz CT molecular complexity index is 592. The normalized spacial score (nSPS) is 12.5. The van der Waals surface area contributed by atoms with Crippen LogP contribution in [0, 0.1) is 16.0 Å². The van der Waals surface area contributed by atoms with E-state index in [2.05, 4.69) is 0 Å². The molecule has 1 aliphatic heterocycles. The molecule has 0 bridgehead atoms. The second kappa shape index (κ2) is 5.36. The summed E-state index contributed by atoms with van der Waals surface area (Å²) >= 11 is 1.06. The zero-order valence-electron chi connectivity index (χ0n) is 10.3. The fourth-order valence-electron chi connectivity index (χ4n) is 2.03. The first-order valence-electron chi connectivity index (χ1n) is 5.91. The Morgan fingerprint density at radius 3 is 2.84 bits per heavy atom. The molecule has 6 heteroatoms. The Balaban J connectivity index is 2.44. The van der Waals surface area contributed by atoms with Crippen molar-refractivity contribution in [3.8, 4) is 11.1 Å². The van der Waals surface area contributed by atoms with Gasteiger partial charge in [-0.05, 0) is 24.0 Å². The molecule has 0 aromatic heterocycles. The minimum absolute atomic E-state index is 0.0499. The van der Waals surface area contributed by atoms with Gasteiger partial charge in [-0.1, -0.05) is 36.5 Å². The van der Waals surface area contributed by atoms with Crippen molar-refractivity contribution in [1.29, 1.82) is 0 Å². The van der Waals surface area contributed by atoms with E-state index in [1.165, 1.54) is 6.07 Å². The summed E-state index contributed by atoms with van der Waals surface area (Å²) in [7, 11) is 0. The van der Waals surface area contributed by atoms with Crippen LogP contribution in [0.1, 0.15) is 18.2 Å².